The summed E-state index contributed by atoms with van der Waals surface area (Å²) in [5, 5.41) is 20.9. The smallest absolute Gasteiger partial charge is 0.423 e. The van der Waals surface area contributed by atoms with Crippen molar-refractivity contribution in [1.29, 1.82) is 0 Å². The van der Waals surface area contributed by atoms with E-state index in [0.29, 0.717) is 23.0 Å². The molecule has 2 aromatic rings. The molecule has 1 aliphatic heterocycles. The predicted molar refractivity (Wildman–Crippen MR) is 111 cm³/mol. The molecular weight excluding hydrogens is 369 g/mol. The molecule has 2 amide bonds. The molecule has 0 radical (unpaired) electrons. The van der Waals surface area contributed by atoms with Crippen molar-refractivity contribution in [3.8, 4) is 0 Å². The molecule has 6 nitrogen and oxygen atoms in total. The number of carbonyl (C=O) groups is 2. The Morgan fingerprint density at radius 3 is 2.00 bits per heavy atom. The molecule has 1 aliphatic rings. The first-order valence-electron chi connectivity index (χ1n) is 9.64. The van der Waals surface area contributed by atoms with Gasteiger partial charge in [0.2, 0.25) is 0 Å². The summed E-state index contributed by atoms with van der Waals surface area (Å²) in [6, 6.07) is 14.0. The molecule has 0 bridgehead atoms. The number of imide groups is 1. The highest BCUT2D eigenvalue weighted by atomic mass is 16.5. The summed E-state index contributed by atoms with van der Waals surface area (Å²) in [7, 11) is -1.25. The SMILES string of the molecule is CC(C)(O)C(C)(C)OB(O)c1ccccc1CCN1C(=O)c2ccccc2C1=O. The van der Waals surface area contributed by atoms with Crippen molar-refractivity contribution in [2.45, 2.75) is 45.3 Å². The Kier molecular flexibility index (Phi) is 5.67. The number of carbonyl (C=O) groups excluding carboxylic acids is 2. The van der Waals surface area contributed by atoms with E-state index < -0.39 is 18.3 Å². The zero-order chi connectivity index (χ0) is 21.4. The van der Waals surface area contributed by atoms with Crippen LogP contribution in [0.3, 0.4) is 0 Å². The number of rotatable bonds is 7. The number of benzene rings is 2. The number of hydrogen-bond acceptors (Lipinski definition) is 5. The van der Waals surface area contributed by atoms with E-state index in [9.17, 15) is 19.7 Å². The Morgan fingerprint density at radius 2 is 1.45 bits per heavy atom. The van der Waals surface area contributed by atoms with Crippen LogP contribution in [-0.2, 0) is 11.1 Å². The number of fused-ring (bicyclic) bond motifs is 1. The second-order valence-electron chi connectivity index (χ2n) is 8.30. The summed E-state index contributed by atoms with van der Waals surface area (Å²) in [5.41, 5.74) is -0.0165. The quantitative estimate of drug-likeness (QED) is 0.551. The van der Waals surface area contributed by atoms with Gasteiger partial charge in [-0.3, -0.25) is 14.5 Å². The van der Waals surface area contributed by atoms with Crippen LogP contribution in [0.4, 0.5) is 0 Å². The molecule has 0 saturated carbocycles. The highest BCUT2D eigenvalue weighted by molar-refractivity contribution is 6.60. The van der Waals surface area contributed by atoms with Crippen LogP contribution < -0.4 is 5.46 Å². The van der Waals surface area contributed by atoms with E-state index in [1.807, 2.05) is 12.1 Å². The van der Waals surface area contributed by atoms with Crippen molar-refractivity contribution < 1.29 is 24.4 Å². The van der Waals surface area contributed by atoms with Gasteiger partial charge < -0.3 is 14.8 Å². The summed E-state index contributed by atoms with van der Waals surface area (Å²) < 4.78 is 5.75. The largest absolute Gasteiger partial charge is 0.491 e. The minimum absolute atomic E-state index is 0.199. The standard InChI is InChI=1S/C22H26BNO5/c1-21(2,27)22(3,4)29-23(28)18-12-8-5-9-15(18)13-14-24-19(25)16-10-6-7-11-17(16)20(24)26/h5-12,27-28H,13-14H2,1-4H3. The molecule has 1 heterocycles. The molecule has 29 heavy (non-hydrogen) atoms. The summed E-state index contributed by atoms with van der Waals surface area (Å²) in [5.74, 6) is -0.605. The topological polar surface area (TPSA) is 87.1 Å². The highest BCUT2D eigenvalue weighted by Crippen LogP contribution is 2.26. The number of nitrogens with zero attached hydrogens (tertiary/aromatic N) is 1. The lowest BCUT2D eigenvalue weighted by Crippen LogP contribution is -2.53. The van der Waals surface area contributed by atoms with Gasteiger partial charge in [-0.1, -0.05) is 36.4 Å². The van der Waals surface area contributed by atoms with Gasteiger partial charge in [0.05, 0.1) is 22.3 Å². The minimum Gasteiger partial charge on any atom is -0.423 e. The zero-order valence-corrected chi connectivity index (χ0v) is 17.2. The van der Waals surface area contributed by atoms with Gasteiger partial charge in [-0.15, -0.1) is 0 Å². The highest BCUT2D eigenvalue weighted by Gasteiger charge is 2.40. The van der Waals surface area contributed by atoms with E-state index in [1.54, 1.807) is 64.1 Å². The summed E-state index contributed by atoms with van der Waals surface area (Å²) in [6.07, 6.45) is 0.380. The average molecular weight is 395 g/mol. The third-order valence-corrected chi connectivity index (χ3v) is 5.68. The van der Waals surface area contributed by atoms with Crippen LogP contribution in [-0.4, -0.2) is 51.7 Å². The minimum atomic E-state index is -1.25. The van der Waals surface area contributed by atoms with Gasteiger partial charge in [0.25, 0.3) is 11.8 Å². The van der Waals surface area contributed by atoms with E-state index in [0.717, 1.165) is 5.56 Å². The molecule has 0 spiro atoms. The Balaban J connectivity index is 1.75. The Bertz CT molecular complexity index is 900. The fourth-order valence-electron chi connectivity index (χ4n) is 3.16. The molecule has 152 valence electrons. The Hall–Kier alpha value is -2.48. The molecule has 0 unspecified atom stereocenters. The second-order valence-corrected chi connectivity index (χ2v) is 8.30. The Labute approximate surface area is 171 Å². The normalized spacial score (nSPS) is 14.3. The molecule has 7 heteroatoms. The van der Waals surface area contributed by atoms with Crippen molar-refractivity contribution in [2.24, 2.45) is 0 Å². The maximum absolute atomic E-state index is 12.5. The lowest BCUT2D eigenvalue weighted by Gasteiger charge is -2.38. The van der Waals surface area contributed by atoms with Gasteiger partial charge in [0.1, 0.15) is 0 Å². The fourth-order valence-corrected chi connectivity index (χ4v) is 3.16. The molecule has 0 aromatic heterocycles. The lowest BCUT2D eigenvalue weighted by molar-refractivity contribution is -0.0982. The van der Waals surface area contributed by atoms with Gasteiger partial charge in [-0.25, -0.2) is 0 Å². The molecule has 0 aliphatic carbocycles. The third kappa shape index (κ3) is 4.12. The molecule has 2 N–H and O–H groups in total. The van der Waals surface area contributed by atoms with E-state index in [-0.39, 0.29) is 18.4 Å². The maximum atomic E-state index is 12.5. The van der Waals surface area contributed by atoms with Crippen LogP contribution in [0.2, 0.25) is 0 Å². The Morgan fingerprint density at radius 1 is 0.931 bits per heavy atom. The first kappa shape index (κ1) is 21.2. The summed E-state index contributed by atoms with van der Waals surface area (Å²) >= 11 is 0. The van der Waals surface area contributed by atoms with Gasteiger partial charge in [0.15, 0.2) is 0 Å². The van der Waals surface area contributed by atoms with Crippen molar-refractivity contribution in [3.05, 3.63) is 65.2 Å². The van der Waals surface area contributed by atoms with Crippen LogP contribution in [0.15, 0.2) is 48.5 Å². The zero-order valence-electron chi connectivity index (χ0n) is 17.2. The number of amides is 2. The van der Waals surface area contributed by atoms with E-state index in [2.05, 4.69) is 0 Å². The lowest BCUT2D eigenvalue weighted by atomic mass is 9.73. The predicted octanol–water partition coefficient (Wildman–Crippen LogP) is 1.78. The van der Waals surface area contributed by atoms with Crippen molar-refractivity contribution in [3.63, 3.8) is 0 Å². The molecule has 0 atom stereocenters. The number of hydrogen-bond donors (Lipinski definition) is 2. The molecule has 0 fully saturated rings. The average Bonchev–Trinajstić information content (AvgIpc) is 2.90. The van der Waals surface area contributed by atoms with Crippen molar-refractivity contribution >= 4 is 24.4 Å². The molecular formula is C22H26BNO5. The van der Waals surface area contributed by atoms with Crippen molar-refractivity contribution in [1.82, 2.24) is 4.90 Å². The van der Waals surface area contributed by atoms with E-state index in [1.165, 1.54) is 4.90 Å². The van der Waals surface area contributed by atoms with Gasteiger partial charge >= 0.3 is 7.12 Å². The first-order chi connectivity index (χ1) is 13.5. The van der Waals surface area contributed by atoms with Gasteiger partial charge in [-0.2, -0.15) is 0 Å². The van der Waals surface area contributed by atoms with Crippen LogP contribution in [0.5, 0.6) is 0 Å². The van der Waals surface area contributed by atoms with Crippen LogP contribution in [0.25, 0.3) is 0 Å². The summed E-state index contributed by atoms with van der Waals surface area (Å²) in [4.78, 5) is 26.3. The second kappa shape index (κ2) is 7.74. The fraction of sp³-hybridized carbons (Fsp3) is 0.364. The molecule has 3 rings (SSSR count). The van der Waals surface area contributed by atoms with Gasteiger partial charge in [-0.05, 0) is 57.3 Å². The third-order valence-electron chi connectivity index (χ3n) is 5.68. The molecule has 2 aromatic carbocycles. The van der Waals surface area contributed by atoms with Crippen LogP contribution in [0.1, 0.15) is 54.0 Å². The van der Waals surface area contributed by atoms with Crippen LogP contribution in [0, 0.1) is 0 Å². The molecule has 0 saturated heterocycles. The van der Waals surface area contributed by atoms with Gasteiger partial charge in [0, 0.05) is 6.54 Å². The van der Waals surface area contributed by atoms with E-state index in [4.69, 9.17) is 4.65 Å². The monoisotopic (exact) mass is 395 g/mol. The van der Waals surface area contributed by atoms with Crippen LogP contribution >= 0.6 is 0 Å². The summed E-state index contributed by atoms with van der Waals surface area (Å²) in [6.45, 7) is 6.85. The first-order valence-corrected chi connectivity index (χ1v) is 9.64. The number of aliphatic hydroxyl groups is 1. The van der Waals surface area contributed by atoms with E-state index >= 15 is 0 Å². The van der Waals surface area contributed by atoms with Crippen molar-refractivity contribution in [2.75, 3.05) is 6.54 Å². The maximum Gasteiger partial charge on any atom is 0.491 e.